The predicted octanol–water partition coefficient (Wildman–Crippen LogP) is -0.600. The Balaban J connectivity index is 2.78. The van der Waals surface area contributed by atoms with Gasteiger partial charge in [0.25, 0.3) is 0 Å². The third kappa shape index (κ3) is 6.29. The van der Waals surface area contributed by atoms with Crippen molar-refractivity contribution >= 4 is 23.7 Å². The van der Waals surface area contributed by atoms with E-state index < -0.39 is 29.4 Å². The molecule has 1 heterocycles. The summed E-state index contributed by atoms with van der Waals surface area (Å²) in [7, 11) is 1.64. The third-order valence-corrected chi connectivity index (χ3v) is 4.40. The fourth-order valence-electron chi connectivity index (χ4n) is 2.96. The number of carboxylic acid groups (broad SMARTS) is 1. The highest BCUT2D eigenvalue weighted by atomic mass is 16.4. The second-order valence-electron chi connectivity index (χ2n) is 7.84. The average Bonchev–Trinajstić information content (AvgIpc) is 2.98. The number of carbonyl (C=O) groups excluding carboxylic acids is 3. The fourth-order valence-corrected chi connectivity index (χ4v) is 2.96. The van der Waals surface area contributed by atoms with E-state index in [1.165, 1.54) is 4.90 Å². The Hall–Kier alpha value is -2.16. The van der Waals surface area contributed by atoms with E-state index in [1.807, 2.05) is 20.8 Å². The molecule has 0 bridgehead atoms. The van der Waals surface area contributed by atoms with Gasteiger partial charge >= 0.3 is 5.97 Å². The number of aliphatic carboxylic acids is 1. The number of likely N-dealkylation sites (tertiary alicyclic amines) is 1. The number of hydrogen-bond acceptors (Lipinski definition) is 5. The predicted molar refractivity (Wildman–Crippen MR) is 95.1 cm³/mol. The number of hydrogen-bond donors (Lipinski definition) is 3. The minimum absolute atomic E-state index is 0.0214. The highest BCUT2D eigenvalue weighted by molar-refractivity contribution is 5.92. The average molecular weight is 370 g/mol. The SMILES string of the molecule is CN(CCC(=O)O)CC(=O)N[C@H](C(=O)N1CCC[C@H]1C(N)=O)C(C)(C)C. The first-order valence-electron chi connectivity index (χ1n) is 8.73. The molecule has 0 radical (unpaired) electrons. The number of primary amides is 1. The number of carbonyl (C=O) groups is 4. The Morgan fingerprint density at radius 2 is 1.92 bits per heavy atom. The molecule has 1 rings (SSSR count). The molecule has 9 heteroatoms. The molecular weight excluding hydrogens is 340 g/mol. The zero-order valence-corrected chi connectivity index (χ0v) is 15.9. The first kappa shape index (κ1) is 21.9. The highest BCUT2D eigenvalue weighted by Gasteiger charge is 2.41. The van der Waals surface area contributed by atoms with Gasteiger partial charge in [-0.2, -0.15) is 0 Å². The van der Waals surface area contributed by atoms with Crippen molar-refractivity contribution in [1.29, 1.82) is 0 Å². The number of nitrogens with two attached hydrogens (primary N) is 1. The molecule has 0 aliphatic carbocycles. The lowest BCUT2D eigenvalue weighted by Crippen LogP contribution is -2.58. The van der Waals surface area contributed by atoms with Crippen molar-refractivity contribution in [3.8, 4) is 0 Å². The van der Waals surface area contributed by atoms with E-state index in [9.17, 15) is 19.2 Å². The van der Waals surface area contributed by atoms with E-state index in [2.05, 4.69) is 5.32 Å². The van der Waals surface area contributed by atoms with E-state index in [4.69, 9.17) is 10.8 Å². The second kappa shape index (κ2) is 8.98. The number of nitrogens with one attached hydrogen (secondary N) is 1. The maximum Gasteiger partial charge on any atom is 0.304 e. The summed E-state index contributed by atoms with van der Waals surface area (Å²) in [5.74, 6) is -2.17. The van der Waals surface area contributed by atoms with E-state index >= 15 is 0 Å². The summed E-state index contributed by atoms with van der Waals surface area (Å²) in [4.78, 5) is 50.5. The number of nitrogens with zero attached hydrogens (tertiary/aromatic N) is 2. The van der Waals surface area contributed by atoms with Crippen LogP contribution in [0.1, 0.15) is 40.0 Å². The van der Waals surface area contributed by atoms with Crippen molar-refractivity contribution in [2.75, 3.05) is 26.7 Å². The maximum absolute atomic E-state index is 13.0. The molecule has 0 aromatic carbocycles. The molecule has 0 spiro atoms. The molecule has 1 fully saturated rings. The van der Waals surface area contributed by atoms with Gasteiger partial charge in [-0.05, 0) is 25.3 Å². The van der Waals surface area contributed by atoms with Crippen LogP contribution in [-0.2, 0) is 19.2 Å². The summed E-state index contributed by atoms with van der Waals surface area (Å²) >= 11 is 0. The molecule has 0 aromatic rings. The summed E-state index contributed by atoms with van der Waals surface area (Å²) in [6.07, 6.45) is 1.16. The van der Waals surface area contributed by atoms with Gasteiger partial charge in [0, 0.05) is 13.1 Å². The van der Waals surface area contributed by atoms with Crippen LogP contribution < -0.4 is 11.1 Å². The standard InChI is InChI=1S/C17H30N4O5/c1-17(2,3)14(16(26)21-8-5-6-11(21)15(18)25)19-12(22)10-20(4)9-7-13(23)24/h11,14H,5-10H2,1-4H3,(H2,18,25)(H,19,22)(H,23,24)/t11-,14+/m0/s1. The first-order valence-corrected chi connectivity index (χ1v) is 8.73. The van der Waals surface area contributed by atoms with Gasteiger partial charge in [-0.3, -0.25) is 24.1 Å². The van der Waals surface area contributed by atoms with Crippen molar-refractivity contribution in [1.82, 2.24) is 15.1 Å². The Bertz CT molecular complexity index is 558. The van der Waals surface area contributed by atoms with Crippen molar-refractivity contribution in [3.63, 3.8) is 0 Å². The zero-order chi connectivity index (χ0) is 20.1. The van der Waals surface area contributed by atoms with Crippen molar-refractivity contribution in [2.45, 2.75) is 52.1 Å². The lowest BCUT2D eigenvalue weighted by atomic mass is 9.85. The Morgan fingerprint density at radius 3 is 2.42 bits per heavy atom. The van der Waals surface area contributed by atoms with Crippen LogP contribution in [-0.4, -0.2) is 77.4 Å². The number of likely N-dealkylation sites (N-methyl/N-ethyl adjacent to an activating group) is 1. The van der Waals surface area contributed by atoms with Crippen LogP contribution in [0.2, 0.25) is 0 Å². The molecule has 0 unspecified atom stereocenters. The summed E-state index contributed by atoms with van der Waals surface area (Å²) < 4.78 is 0. The molecule has 4 N–H and O–H groups in total. The van der Waals surface area contributed by atoms with Gasteiger partial charge in [0.1, 0.15) is 12.1 Å². The molecular formula is C17H30N4O5. The molecule has 148 valence electrons. The zero-order valence-electron chi connectivity index (χ0n) is 15.9. The smallest absolute Gasteiger partial charge is 0.304 e. The van der Waals surface area contributed by atoms with E-state index in [0.717, 1.165) is 0 Å². The molecule has 1 aliphatic rings. The van der Waals surface area contributed by atoms with Crippen LogP contribution in [0.15, 0.2) is 0 Å². The van der Waals surface area contributed by atoms with E-state index in [-0.39, 0.29) is 31.3 Å². The normalized spacial score (nSPS) is 18.7. The molecule has 1 saturated heterocycles. The van der Waals surface area contributed by atoms with Gasteiger partial charge in [-0.15, -0.1) is 0 Å². The summed E-state index contributed by atoms with van der Waals surface area (Å²) in [6, 6.07) is -1.44. The molecule has 2 atom stereocenters. The van der Waals surface area contributed by atoms with Crippen LogP contribution in [0.3, 0.4) is 0 Å². The van der Waals surface area contributed by atoms with Gasteiger partial charge in [0.05, 0.1) is 13.0 Å². The van der Waals surface area contributed by atoms with Gasteiger partial charge in [-0.25, -0.2) is 0 Å². The summed E-state index contributed by atoms with van der Waals surface area (Å²) in [5.41, 5.74) is 4.83. The van der Waals surface area contributed by atoms with Crippen molar-refractivity contribution in [2.24, 2.45) is 11.1 Å². The lowest BCUT2D eigenvalue weighted by molar-refractivity contribution is -0.143. The number of amides is 3. The highest BCUT2D eigenvalue weighted by Crippen LogP contribution is 2.25. The summed E-state index contributed by atoms with van der Waals surface area (Å²) in [5, 5.41) is 11.4. The van der Waals surface area contributed by atoms with Crippen LogP contribution in [0.4, 0.5) is 0 Å². The number of rotatable bonds is 8. The monoisotopic (exact) mass is 370 g/mol. The first-order chi connectivity index (χ1) is 11.9. The second-order valence-corrected chi connectivity index (χ2v) is 7.84. The topological polar surface area (TPSA) is 133 Å². The van der Waals surface area contributed by atoms with Crippen molar-refractivity contribution < 1.29 is 24.3 Å². The van der Waals surface area contributed by atoms with E-state index in [0.29, 0.717) is 19.4 Å². The minimum Gasteiger partial charge on any atom is -0.481 e. The fraction of sp³-hybridized carbons (Fsp3) is 0.765. The van der Waals surface area contributed by atoms with Gasteiger partial charge in [0.2, 0.25) is 17.7 Å². The molecule has 0 aromatic heterocycles. The molecule has 0 saturated carbocycles. The minimum atomic E-state index is -0.938. The molecule has 9 nitrogen and oxygen atoms in total. The van der Waals surface area contributed by atoms with Crippen LogP contribution in [0.25, 0.3) is 0 Å². The largest absolute Gasteiger partial charge is 0.481 e. The molecule has 1 aliphatic heterocycles. The maximum atomic E-state index is 13.0. The van der Waals surface area contributed by atoms with Gasteiger partial charge in [0.15, 0.2) is 0 Å². The Kier molecular flexibility index (Phi) is 7.55. The molecule has 3 amide bonds. The van der Waals surface area contributed by atoms with Crippen LogP contribution in [0.5, 0.6) is 0 Å². The van der Waals surface area contributed by atoms with Gasteiger partial charge < -0.3 is 21.1 Å². The number of carboxylic acids is 1. The van der Waals surface area contributed by atoms with E-state index in [1.54, 1.807) is 11.9 Å². The Morgan fingerprint density at radius 1 is 1.31 bits per heavy atom. The van der Waals surface area contributed by atoms with Crippen LogP contribution in [0, 0.1) is 5.41 Å². The summed E-state index contributed by atoms with van der Waals surface area (Å²) in [6.45, 7) is 6.14. The third-order valence-electron chi connectivity index (χ3n) is 4.40. The van der Waals surface area contributed by atoms with Gasteiger partial charge in [-0.1, -0.05) is 20.8 Å². The quantitative estimate of drug-likeness (QED) is 0.522. The lowest BCUT2D eigenvalue weighted by Gasteiger charge is -2.35. The molecule has 26 heavy (non-hydrogen) atoms. The van der Waals surface area contributed by atoms with Crippen molar-refractivity contribution in [3.05, 3.63) is 0 Å². The Labute approximate surface area is 153 Å². The van der Waals surface area contributed by atoms with Crippen LogP contribution >= 0.6 is 0 Å².